The van der Waals surface area contributed by atoms with Crippen LogP contribution in [0.1, 0.15) is 26.7 Å². The second-order valence-electron chi connectivity index (χ2n) is 4.62. The maximum atomic E-state index is 9.83. The van der Waals surface area contributed by atoms with Gasteiger partial charge in [0, 0.05) is 19.7 Å². The molecule has 1 rings (SSSR count). The van der Waals surface area contributed by atoms with Crippen LogP contribution in [-0.4, -0.2) is 47.0 Å². The molecule has 13 heavy (non-hydrogen) atoms. The topological polar surface area (TPSA) is 43.7 Å². The molecule has 0 spiro atoms. The van der Waals surface area contributed by atoms with E-state index in [0.29, 0.717) is 5.92 Å². The first kappa shape index (κ1) is 11.0. The van der Waals surface area contributed by atoms with Gasteiger partial charge >= 0.3 is 0 Å². The van der Waals surface area contributed by atoms with Gasteiger partial charge in [-0.05, 0) is 32.2 Å². The van der Waals surface area contributed by atoms with Gasteiger partial charge < -0.3 is 15.1 Å². The van der Waals surface area contributed by atoms with E-state index in [2.05, 4.69) is 4.90 Å². The molecule has 0 aromatic rings. The Morgan fingerprint density at radius 2 is 2.23 bits per heavy atom. The molecule has 0 saturated carbocycles. The van der Waals surface area contributed by atoms with Gasteiger partial charge in [0.2, 0.25) is 0 Å². The molecule has 2 N–H and O–H groups in total. The zero-order valence-corrected chi connectivity index (χ0v) is 8.66. The molecule has 0 bridgehead atoms. The fourth-order valence-electron chi connectivity index (χ4n) is 1.98. The van der Waals surface area contributed by atoms with E-state index in [0.717, 1.165) is 32.5 Å². The second-order valence-corrected chi connectivity index (χ2v) is 4.62. The molecule has 1 saturated heterocycles. The third kappa shape index (κ3) is 3.63. The van der Waals surface area contributed by atoms with Crippen LogP contribution in [0.25, 0.3) is 0 Å². The van der Waals surface area contributed by atoms with E-state index >= 15 is 0 Å². The van der Waals surface area contributed by atoms with Crippen molar-refractivity contribution in [2.45, 2.75) is 32.3 Å². The average molecular weight is 187 g/mol. The zero-order chi connectivity index (χ0) is 9.90. The summed E-state index contributed by atoms with van der Waals surface area (Å²) in [5, 5.41) is 18.7. The number of hydrogen-bond donors (Lipinski definition) is 2. The maximum Gasteiger partial charge on any atom is 0.0746 e. The summed E-state index contributed by atoms with van der Waals surface area (Å²) in [6, 6.07) is 0. The van der Waals surface area contributed by atoms with Gasteiger partial charge in [-0.3, -0.25) is 0 Å². The minimum atomic E-state index is -0.520. The summed E-state index contributed by atoms with van der Waals surface area (Å²) in [5.74, 6) is 0.314. The fraction of sp³-hybridized carbons (Fsp3) is 1.00. The molecule has 78 valence electrons. The largest absolute Gasteiger partial charge is 0.396 e. The number of likely N-dealkylation sites (tertiary alicyclic amines) is 1. The van der Waals surface area contributed by atoms with Gasteiger partial charge in [0.15, 0.2) is 0 Å². The third-order valence-electron chi connectivity index (χ3n) is 2.64. The van der Waals surface area contributed by atoms with E-state index in [1.54, 1.807) is 0 Å². The molecular weight excluding hydrogens is 166 g/mol. The van der Waals surface area contributed by atoms with Gasteiger partial charge in [-0.25, -0.2) is 0 Å². The summed E-state index contributed by atoms with van der Waals surface area (Å²) in [7, 11) is 0. The van der Waals surface area contributed by atoms with E-state index < -0.39 is 5.60 Å². The van der Waals surface area contributed by atoms with Crippen molar-refractivity contribution in [3.05, 3.63) is 0 Å². The first-order valence-corrected chi connectivity index (χ1v) is 5.09. The van der Waals surface area contributed by atoms with E-state index in [4.69, 9.17) is 5.11 Å². The van der Waals surface area contributed by atoms with Crippen molar-refractivity contribution in [3.8, 4) is 0 Å². The van der Waals surface area contributed by atoms with Crippen molar-refractivity contribution in [3.63, 3.8) is 0 Å². The Labute approximate surface area is 80.4 Å². The van der Waals surface area contributed by atoms with Gasteiger partial charge in [-0.15, -0.1) is 0 Å². The second kappa shape index (κ2) is 4.40. The van der Waals surface area contributed by atoms with Gasteiger partial charge in [-0.1, -0.05) is 6.92 Å². The number of piperidine rings is 1. The summed E-state index contributed by atoms with van der Waals surface area (Å²) >= 11 is 0. The third-order valence-corrected chi connectivity index (χ3v) is 2.64. The van der Waals surface area contributed by atoms with Crippen LogP contribution in [0.2, 0.25) is 0 Å². The van der Waals surface area contributed by atoms with Gasteiger partial charge in [0.1, 0.15) is 0 Å². The summed E-state index contributed by atoms with van der Waals surface area (Å²) in [6.45, 7) is 6.86. The predicted molar refractivity (Wildman–Crippen MR) is 52.5 cm³/mol. The van der Waals surface area contributed by atoms with Crippen LogP contribution in [0, 0.1) is 5.92 Å². The first-order chi connectivity index (χ1) is 6.03. The summed E-state index contributed by atoms with van der Waals surface area (Å²) in [5.41, 5.74) is -0.520. The Bertz CT molecular complexity index is 159. The number of aliphatic hydroxyl groups is 2. The smallest absolute Gasteiger partial charge is 0.0746 e. The molecule has 1 heterocycles. The molecule has 0 aromatic carbocycles. The molecule has 1 aliphatic heterocycles. The number of hydrogen-bond acceptors (Lipinski definition) is 3. The summed E-state index contributed by atoms with van der Waals surface area (Å²) < 4.78 is 0. The lowest BCUT2D eigenvalue weighted by molar-refractivity contribution is -0.0213. The Balaban J connectivity index is 2.34. The van der Waals surface area contributed by atoms with Crippen LogP contribution in [0.4, 0.5) is 0 Å². The normalized spacial score (nSPS) is 33.2. The van der Waals surface area contributed by atoms with Gasteiger partial charge in [0.05, 0.1) is 5.60 Å². The Hall–Kier alpha value is -0.120. The summed E-state index contributed by atoms with van der Waals surface area (Å²) in [6.07, 6.45) is 1.96. The minimum absolute atomic E-state index is 0.235. The predicted octanol–water partition coefficient (Wildman–Crippen LogP) is 0.462. The van der Waals surface area contributed by atoms with Crippen LogP contribution >= 0.6 is 0 Å². The lowest BCUT2D eigenvalue weighted by atomic mass is 9.94. The monoisotopic (exact) mass is 187 g/mol. The van der Waals surface area contributed by atoms with Crippen LogP contribution < -0.4 is 0 Å². The van der Waals surface area contributed by atoms with Crippen LogP contribution in [0.15, 0.2) is 0 Å². The van der Waals surface area contributed by atoms with Crippen molar-refractivity contribution in [2.75, 3.05) is 26.2 Å². The molecule has 3 heteroatoms. The molecule has 2 unspecified atom stereocenters. The molecule has 0 aliphatic carbocycles. The van der Waals surface area contributed by atoms with Crippen molar-refractivity contribution in [1.82, 2.24) is 4.90 Å². The van der Waals surface area contributed by atoms with E-state index in [1.165, 1.54) is 0 Å². The van der Waals surface area contributed by atoms with Crippen LogP contribution in [-0.2, 0) is 0 Å². The van der Waals surface area contributed by atoms with Crippen molar-refractivity contribution >= 4 is 0 Å². The van der Waals surface area contributed by atoms with Crippen LogP contribution in [0.5, 0.6) is 0 Å². The minimum Gasteiger partial charge on any atom is -0.396 e. The van der Waals surface area contributed by atoms with Crippen molar-refractivity contribution in [2.24, 2.45) is 5.92 Å². The Kier molecular flexibility index (Phi) is 3.71. The van der Waals surface area contributed by atoms with Gasteiger partial charge in [-0.2, -0.15) is 0 Å². The molecule has 0 radical (unpaired) electrons. The molecular formula is C10H21NO2. The number of nitrogens with zero attached hydrogens (tertiary/aromatic N) is 1. The lowest BCUT2D eigenvalue weighted by Gasteiger charge is -2.37. The highest BCUT2D eigenvalue weighted by atomic mass is 16.3. The SMILES string of the molecule is CC(CO)CN1CCCC(C)(O)C1. The van der Waals surface area contributed by atoms with E-state index in [-0.39, 0.29) is 6.61 Å². The number of aliphatic hydroxyl groups excluding tert-OH is 1. The van der Waals surface area contributed by atoms with Crippen LogP contribution in [0.3, 0.4) is 0 Å². The quantitative estimate of drug-likeness (QED) is 0.674. The van der Waals surface area contributed by atoms with Gasteiger partial charge in [0.25, 0.3) is 0 Å². The molecule has 0 aromatic heterocycles. The maximum absolute atomic E-state index is 9.83. The number of β-amino-alcohol motifs (C(OH)–C–C–N with tert-alkyl or cyclic N) is 1. The first-order valence-electron chi connectivity index (χ1n) is 5.09. The number of rotatable bonds is 3. The Morgan fingerprint density at radius 3 is 2.77 bits per heavy atom. The average Bonchev–Trinajstić information content (AvgIpc) is 2.02. The van der Waals surface area contributed by atoms with E-state index in [1.807, 2.05) is 13.8 Å². The lowest BCUT2D eigenvalue weighted by Crippen LogP contribution is -2.47. The molecule has 1 aliphatic rings. The van der Waals surface area contributed by atoms with Crippen molar-refractivity contribution in [1.29, 1.82) is 0 Å². The molecule has 2 atom stereocenters. The highest BCUT2D eigenvalue weighted by Gasteiger charge is 2.28. The zero-order valence-electron chi connectivity index (χ0n) is 8.66. The highest BCUT2D eigenvalue weighted by molar-refractivity contribution is 4.83. The van der Waals surface area contributed by atoms with Crippen molar-refractivity contribution < 1.29 is 10.2 Å². The summed E-state index contributed by atoms with van der Waals surface area (Å²) in [4.78, 5) is 2.24. The standard InChI is InChI=1S/C10H21NO2/c1-9(7-12)6-11-5-3-4-10(2,13)8-11/h9,12-13H,3-8H2,1-2H3. The molecule has 3 nitrogen and oxygen atoms in total. The van der Waals surface area contributed by atoms with E-state index in [9.17, 15) is 5.11 Å². The fourth-order valence-corrected chi connectivity index (χ4v) is 1.98. The highest BCUT2D eigenvalue weighted by Crippen LogP contribution is 2.20. The molecule has 1 fully saturated rings. The molecule has 0 amide bonds. The Morgan fingerprint density at radius 1 is 1.54 bits per heavy atom.